The fourth-order valence-corrected chi connectivity index (χ4v) is 1.10. The zero-order valence-electron chi connectivity index (χ0n) is 7.42. The molecule has 0 saturated carbocycles. The van der Waals surface area contributed by atoms with Crippen molar-refractivity contribution in [1.82, 2.24) is 0 Å². The fourth-order valence-electron chi connectivity index (χ4n) is 1.10. The van der Waals surface area contributed by atoms with E-state index in [2.05, 4.69) is 26.8 Å². The molecule has 1 aliphatic rings. The van der Waals surface area contributed by atoms with Gasteiger partial charge < -0.3 is 37.2 Å². The minimum atomic E-state index is 0. The molecule has 0 N–H and O–H groups in total. The smallest absolute Gasteiger partial charge is 1.00 e. The molecule has 12 heavy (non-hydrogen) atoms. The molecule has 1 aliphatic carbocycles. The van der Waals surface area contributed by atoms with E-state index in [1.54, 1.807) is 0 Å². The maximum absolute atomic E-state index is 2.26. The van der Waals surface area contributed by atoms with Crippen molar-refractivity contribution < 1.29 is 63.4 Å². The van der Waals surface area contributed by atoms with Gasteiger partial charge in [-0.05, 0) is 27.2 Å². The molecule has 0 aromatic carbocycles. The summed E-state index contributed by atoms with van der Waals surface area (Å²) in [7, 11) is 0. The van der Waals surface area contributed by atoms with Crippen LogP contribution in [-0.2, 0) is 26.2 Å². The molecule has 0 aromatic rings. The van der Waals surface area contributed by atoms with Crippen LogP contribution in [0.3, 0.4) is 0 Å². The maximum Gasteiger partial charge on any atom is 3.00 e. The van der Waals surface area contributed by atoms with Crippen molar-refractivity contribution >= 4 is 0 Å². The first kappa shape index (κ1) is 23.2. The fraction of sp³-hybridized carbons (Fsp3) is 0.500. The van der Waals surface area contributed by atoms with E-state index in [1.807, 2.05) is 0 Å². The molecule has 0 atom stereocenters. The molecule has 4 heteroatoms. The maximum atomic E-state index is 2.26. The van der Waals surface area contributed by atoms with E-state index in [1.165, 1.54) is 23.1 Å². The van der Waals surface area contributed by atoms with E-state index in [9.17, 15) is 0 Å². The summed E-state index contributed by atoms with van der Waals surface area (Å²) in [5, 5.41) is 0. The van der Waals surface area contributed by atoms with Gasteiger partial charge in [-0.15, -0.1) is 0 Å². The molecule has 0 amide bonds. The van der Waals surface area contributed by atoms with Crippen LogP contribution in [0.5, 0.6) is 0 Å². The van der Waals surface area contributed by atoms with Gasteiger partial charge in [0.2, 0.25) is 0 Å². The molecule has 0 aromatic heterocycles. The summed E-state index contributed by atoms with van der Waals surface area (Å²) >= 11 is 0. The molecule has 0 aliphatic heterocycles. The molecule has 1 radical (unpaired) electrons. The Morgan fingerprint density at radius 3 is 1.50 bits per heavy atom. The number of rotatable bonds is 0. The van der Waals surface area contributed by atoms with E-state index in [0.29, 0.717) is 0 Å². The van der Waals surface area contributed by atoms with Crippen LogP contribution in [0.25, 0.3) is 0 Å². The largest absolute Gasteiger partial charge is 3.00 e. The van der Waals surface area contributed by atoms with Gasteiger partial charge in [0, 0.05) is 0 Å². The van der Waals surface area contributed by atoms with Gasteiger partial charge in [-0.3, -0.25) is 0 Å². The van der Waals surface area contributed by atoms with Crippen molar-refractivity contribution in [3.05, 3.63) is 22.8 Å². The van der Waals surface area contributed by atoms with E-state index >= 15 is 0 Å². The number of hydrogen-bond acceptors (Lipinski definition) is 0. The van der Waals surface area contributed by atoms with E-state index < -0.39 is 0 Å². The molecule has 0 saturated heterocycles. The summed E-state index contributed by atoms with van der Waals surface area (Å²) in [4.78, 5) is 0. The van der Waals surface area contributed by atoms with Gasteiger partial charge in [-0.25, -0.2) is 0 Å². The molecule has 1 rings (SSSR count). The van der Waals surface area contributed by atoms with Crippen LogP contribution in [0.15, 0.2) is 22.8 Å². The van der Waals surface area contributed by atoms with Gasteiger partial charge in [0.15, 0.2) is 0 Å². The van der Waals surface area contributed by atoms with Crippen LogP contribution in [0, 0.1) is 0 Å². The van der Waals surface area contributed by atoms with Gasteiger partial charge >= 0.3 is 26.2 Å². The third-order valence-electron chi connectivity index (χ3n) is 1.68. The first-order valence-corrected chi connectivity index (χ1v) is 3.03. The van der Waals surface area contributed by atoms with Crippen LogP contribution in [0.1, 0.15) is 27.2 Å². The molecular weight excluding hydrogens is 294 g/mol. The average molecular weight is 306 g/mol. The number of allylic oxidation sites excluding steroid dienone is 4. The summed E-state index contributed by atoms with van der Waals surface area (Å²) in [5.74, 6) is 0. The molecule has 0 spiro atoms. The Morgan fingerprint density at radius 2 is 1.42 bits per heavy atom. The summed E-state index contributed by atoms with van der Waals surface area (Å²) in [6, 6.07) is 0. The zero-order chi connectivity index (χ0) is 6.15. The number of hydrogen-bond donors (Lipinski definition) is 0. The molecule has 69 valence electrons. The average Bonchev–Trinajstić information content (AvgIpc) is 1.85. The molecule has 0 bridgehead atoms. The second kappa shape index (κ2) is 10.3. The third-order valence-corrected chi connectivity index (χ3v) is 1.68. The minimum Gasteiger partial charge on any atom is -1.00 e. The van der Waals surface area contributed by atoms with Gasteiger partial charge in [0.1, 0.15) is 0 Å². The first-order valence-electron chi connectivity index (χ1n) is 3.03. The van der Waals surface area contributed by atoms with Crippen LogP contribution in [0.4, 0.5) is 0 Å². The Balaban J connectivity index is -0.0000000800. The normalized spacial score (nSPS) is 13.1. The predicted octanol–water partition coefficient (Wildman–Crippen LogP) is -6.32. The Morgan fingerprint density at radius 1 is 1.00 bits per heavy atom. The van der Waals surface area contributed by atoms with Crippen molar-refractivity contribution in [2.75, 3.05) is 0 Å². The van der Waals surface area contributed by atoms with Gasteiger partial charge in [0.25, 0.3) is 0 Å². The third kappa shape index (κ3) is 6.72. The van der Waals surface area contributed by atoms with Gasteiger partial charge in [-0.1, -0.05) is 22.8 Å². The van der Waals surface area contributed by atoms with Gasteiger partial charge in [-0.2, -0.15) is 0 Å². The summed E-state index contributed by atoms with van der Waals surface area (Å²) in [6.45, 7) is 6.55. The Bertz CT molecular complexity index is 173. The van der Waals surface area contributed by atoms with Crippen molar-refractivity contribution in [1.29, 1.82) is 0 Å². The SMILES string of the molecule is CC1=CC(C)=C(C)C1.[Cl-].[Cl-].[Cl-].[Zr+3]. The monoisotopic (exact) mass is 303 g/mol. The van der Waals surface area contributed by atoms with Crippen molar-refractivity contribution in [3.8, 4) is 0 Å². The van der Waals surface area contributed by atoms with Crippen molar-refractivity contribution in [2.24, 2.45) is 0 Å². The molecular formula is C8H12Cl3Zr. The molecule has 0 nitrogen and oxygen atoms in total. The van der Waals surface area contributed by atoms with Crippen LogP contribution in [0.2, 0.25) is 0 Å². The predicted molar refractivity (Wildman–Crippen MR) is 36.7 cm³/mol. The second-order valence-corrected chi connectivity index (χ2v) is 2.63. The van der Waals surface area contributed by atoms with E-state index in [0.717, 1.165) is 0 Å². The van der Waals surface area contributed by atoms with Crippen LogP contribution in [-0.4, -0.2) is 0 Å². The molecule has 0 unspecified atom stereocenters. The zero-order valence-corrected chi connectivity index (χ0v) is 12.1. The molecule has 0 heterocycles. The summed E-state index contributed by atoms with van der Waals surface area (Å²) in [5.41, 5.74) is 4.49. The van der Waals surface area contributed by atoms with Gasteiger partial charge in [0.05, 0.1) is 0 Å². The van der Waals surface area contributed by atoms with E-state index in [4.69, 9.17) is 0 Å². The van der Waals surface area contributed by atoms with Crippen LogP contribution >= 0.6 is 0 Å². The van der Waals surface area contributed by atoms with E-state index in [-0.39, 0.29) is 63.4 Å². The van der Waals surface area contributed by atoms with Crippen molar-refractivity contribution in [3.63, 3.8) is 0 Å². The Labute approximate surface area is 113 Å². The van der Waals surface area contributed by atoms with Crippen LogP contribution < -0.4 is 37.2 Å². The standard InChI is InChI=1S/C8H12.3ClH.Zr/c1-6-4-7(2)8(3)5-6;;;;/h4H,5H2,1-3H3;3*1H;/q;;;;+3/p-3. The number of halogens is 3. The minimum absolute atomic E-state index is 0. The summed E-state index contributed by atoms with van der Waals surface area (Å²) in [6.07, 6.45) is 3.46. The molecule has 0 fully saturated rings. The van der Waals surface area contributed by atoms with Crippen molar-refractivity contribution in [2.45, 2.75) is 27.2 Å². The Hall–Kier alpha value is 1.23. The Kier molecular flexibility index (Phi) is 20.0. The summed E-state index contributed by atoms with van der Waals surface area (Å²) < 4.78 is 0. The topological polar surface area (TPSA) is 0 Å². The first-order chi connectivity index (χ1) is 3.70. The second-order valence-electron chi connectivity index (χ2n) is 2.63. The quantitative estimate of drug-likeness (QED) is 0.418.